The molecule has 1 aliphatic heterocycles. The van der Waals surface area contributed by atoms with Crippen LogP contribution in [0, 0.1) is 5.82 Å². The van der Waals surface area contributed by atoms with Crippen LogP contribution in [0.2, 0.25) is 0 Å². The van der Waals surface area contributed by atoms with E-state index in [0.717, 1.165) is 12.3 Å². The van der Waals surface area contributed by atoms with Crippen molar-refractivity contribution in [3.05, 3.63) is 47.5 Å². The second-order valence-electron chi connectivity index (χ2n) is 6.77. The van der Waals surface area contributed by atoms with Crippen molar-refractivity contribution in [2.24, 2.45) is 0 Å². The molecule has 0 radical (unpaired) electrons. The molecular weight excluding hydrogens is 446 g/mol. The van der Waals surface area contributed by atoms with Crippen molar-refractivity contribution in [2.45, 2.75) is 34.5 Å². The fourth-order valence-corrected chi connectivity index (χ4v) is 4.21. The summed E-state index contributed by atoms with van der Waals surface area (Å²) in [5.74, 6) is -2.39. The SMILES string of the molecule is Nc1cc(S(=O)(=O)c2ccc(C(F)(F)F)cc2F)cnc1C(=O)N[C@@H]1COCC[C@@H]1O. The van der Waals surface area contributed by atoms with E-state index in [1.165, 1.54) is 0 Å². The predicted octanol–water partition coefficient (Wildman–Crippen LogP) is 1.53. The number of carbonyl (C=O) groups is 1. The van der Waals surface area contributed by atoms with Crippen molar-refractivity contribution in [3.8, 4) is 0 Å². The van der Waals surface area contributed by atoms with Crippen LogP contribution in [-0.2, 0) is 20.8 Å². The maximum Gasteiger partial charge on any atom is 0.416 e. The van der Waals surface area contributed by atoms with E-state index in [4.69, 9.17) is 10.5 Å². The number of aliphatic hydroxyl groups is 1. The number of ether oxygens (including phenoxy) is 1. The zero-order chi connectivity index (χ0) is 23.0. The van der Waals surface area contributed by atoms with Crippen LogP contribution in [0.5, 0.6) is 0 Å². The highest BCUT2D eigenvalue weighted by molar-refractivity contribution is 7.91. The van der Waals surface area contributed by atoms with Crippen LogP contribution < -0.4 is 11.1 Å². The fraction of sp³-hybridized carbons (Fsp3) is 0.333. The van der Waals surface area contributed by atoms with Crippen LogP contribution in [0.25, 0.3) is 0 Å². The van der Waals surface area contributed by atoms with Crippen molar-refractivity contribution in [3.63, 3.8) is 0 Å². The van der Waals surface area contributed by atoms with E-state index in [9.17, 15) is 35.9 Å². The number of benzene rings is 1. The van der Waals surface area contributed by atoms with Crippen LogP contribution >= 0.6 is 0 Å². The quantitative estimate of drug-likeness (QED) is 0.586. The first-order valence-corrected chi connectivity index (χ1v) is 10.3. The van der Waals surface area contributed by atoms with Crippen molar-refractivity contribution in [1.82, 2.24) is 10.3 Å². The Morgan fingerprint density at radius 3 is 2.58 bits per heavy atom. The minimum Gasteiger partial charge on any atom is -0.397 e. The maximum absolute atomic E-state index is 14.1. The van der Waals surface area contributed by atoms with E-state index in [0.29, 0.717) is 25.2 Å². The molecule has 0 saturated carbocycles. The van der Waals surface area contributed by atoms with Gasteiger partial charge in [0.25, 0.3) is 5.91 Å². The summed E-state index contributed by atoms with van der Waals surface area (Å²) >= 11 is 0. The van der Waals surface area contributed by atoms with Gasteiger partial charge in [0.15, 0.2) is 5.69 Å². The average molecular weight is 463 g/mol. The van der Waals surface area contributed by atoms with Gasteiger partial charge in [-0.2, -0.15) is 13.2 Å². The molecular formula is C18H17F4N3O5S. The third-order valence-corrected chi connectivity index (χ3v) is 6.36. The molecule has 0 spiro atoms. The summed E-state index contributed by atoms with van der Waals surface area (Å²) in [5, 5.41) is 12.3. The number of nitrogen functional groups attached to an aromatic ring is 1. The number of anilines is 1. The summed E-state index contributed by atoms with van der Waals surface area (Å²) in [4.78, 5) is 14.5. The molecule has 1 fully saturated rings. The van der Waals surface area contributed by atoms with Crippen molar-refractivity contribution in [2.75, 3.05) is 18.9 Å². The number of aromatic nitrogens is 1. The Morgan fingerprint density at radius 2 is 2.00 bits per heavy atom. The molecule has 0 bridgehead atoms. The second kappa shape index (κ2) is 8.40. The summed E-state index contributed by atoms with van der Waals surface area (Å²) < 4.78 is 82.6. The molecule has 1 aromatic carbocycles. The molecule has 1 aromatic heterocycles. The Morgan fingerprint density at radius 1 is 1.29 bits per heavy atom. The monoisotopic (exact) mass is 463 g/mol. The molecule has 2 atom stereocenters. The molecule has 168 valence electrons. The highest BCUT2D eigenvalue weighted by Crippen LogP contribution is 2.32. The number of nitrogens with one attached hydrogen (secondary N) is 1. The van der Waals surface area contributed by atoms with Crippen molar-refractivity contribution in [1.29, 1.82) is 0 Å². The summed E-state index contributed by atoms with van der Waals surface area (Å²) in [6, 6.07) is 1.14. The Balaban J connectivity index is 1.87. The molecule has 0 aliphatic carbocycles. The van der Waals surface area contributed by atoms with Gasteiger partial charge >= 0.3 is 6.18 Å². The summed E-state index contributed by atoms with van der Waals surface area (Å²) in [7, 11) is -4.61. The van der Waals surface area contributed by atoms with E-state index in [-0.39, 0.29) is 24.1 Å². The topological polar surface area (TPSA) is 132 Å². The number of hydrogen-bond acceptors (Lipinski definition) is 7. The summed E-state index contributed by atoms with van der Waals surface area (Å²) in [6.45, 7) is 0.396. The Bertz CT molecular complexity index is 1110. The smallest absolute Gasteiger partial charge is 0.397 e. The molecule has 2 heterocycles. The molecule has 31 heavy (non-hydrogen) atoms. The zero-order valence-corrected chi connectivity index (χ0v) is 16.5. The maximum atomic E-state index is 14.1. The average Bonchev–Trinajstić information content (AvgIpc) is 2.68. The first-order chi connectivity index (χ1) is 14.4. The highest BCUT2D eigenvalue weighted by Gasteiger charge is 2.33. The van der Waals surface area contributed by atoms with E-state index < -0.39 is 55.2 Å². The molecule has 0 unspecified atom stereocenters. The van der Waals surface area contributed by atoms with E-state index in [1.54, 1.807) is 0 Å². The Hall–Kier alpha value is -2.77. The highest BCUT2D eigenvalue weighted by atomic mass is 32.2. The number of pyridine rings is 1. The first kappa shape index (κ1) is 22.9. The largest absolute Gasteiger partial charge is 0.416 e. The third kappa shape index (κ3) is 4.78. The standard InChI is InChI=1S/C18H17F4N3O5S/c19-11-5-9(18(20,21)22)1-2-15(11)31(28,29)10-6-12(23)16(24-7-10)17(27)25-13-8-30-4-3-14(13)26/h1-2,5-7,13-14,26H,3-4,8,23H2,(H,25,27)/t13-,14+/m1/s1. The van der Waals surface area contributed by atoms with Crippen LogP contribution in [0.4, 0.5) is 23.2 Å². The van der Waals surface area contributed by atoms with Gasteiger partial charge in [0, 0.05) is 12.8 Å². The number of sulfone groups is 1. The van der Waals surface area contributed by atoms with Gasteiger partial charge in [-0.15, -0.1) is 0 Å². The van der Waals surface area contributed by atoms with Crippen LogP contribution in [-0.4, -0.2) is 49.8 Å². The van der Waals surface area contributed by atoms with Gasteiger partial charge in [-0.05, 0) is 30.7 Å². The van der Waals surface area contributed by atoms with Gasteiger partial charge < -0.3 is 20.9 Å². The Labute approximate surface area is 174 Å². The minimum absolute atomic E-state index is 0.0620. The lowest BCUT2D eigenvalue weighted by Gasteiger charge is -2.28. The number of rotatable bonds is 4. The number of aliphatic hydroxyl groups excluding tert-OH is 1. The second-order valence-corrected chi connectivity index (χ2v) is 8.68. The van der Waals surface area contributed by atoms with E-state index in [2.05, 4.69) is 10.3 Å². The number of amides is 1. The molecule has 1 aliphatic rings. The molecule has 13 heteroatoms. The van der Waals surface area contributed by atoms with Crippen LogP contribution in [0.3, 0.4) is 0 Å². The van der Waals surface area contributed by atoms with Gasteiger partial charge in [-0.1, -0.05) is 0 Å². The molecule has 1 amide bonds. The van der Waals surface area contributed by atoms with Gasteiger partial charge in [-0.3, -0.25) is 4.79 Å². The normalized spacial score (nSPS) is 19.8. The number of carbonyl (C=O) groups excluding carboxylic acids is 1. The molecule has 1 saturated heterocycles. The Kier molecular flexibility index (Phi) is 6.21. The lowest BCUT2D eigenvalue weighted by molar-refractivity contribution is -0.137. The zero-order valence-electron chi connectivity index (χ0n) is 15.7. The first-order valence-electron chi connectivity index (χ1n) is 8.85. The lowest BCUT2D eigenvalue weighted by Crippen LogP contribution is -2.49. The minimum atomic E-state index is -4.85. The fourth-order valence-electron chi connectivity index (χ4n) is 2.92. The van der Waals surface area contributed by atoms with Gasteiger partial charge in [0.05, 0.1) is 34.9 Å². The van der Waals surface area contributed by atoms with Crippen LogP contribution in [0.1, 0.15) is 22.5 Å². The van der Waals surface area contributed by atoms with Gasteiger partial charge in [0.2, 0.25) is 9.84 Å². The lowest BCUT2D eigenvalue weighted by atomic mass is 10.1. The summed E-state index contributed by atoms with van der Waals surface area (Å²) in [6.07, 6.45) is -4.64. The van der Waals surface area contributed by atoms with E-state index in [1.807, 2.05) is 0 Å². The van der Waals surface area contributed by atoms with Crippen LogP contribution in [0.15, 0.2) is 40.3 Å². The van der Waals surface area contributed by atoms with Gasteiger partial charge in [0.1, 0.15) is 10.7 Å². The molecule has 4 N–H and O–H groups in total. The number of alkyl halides is 3. The van der Waals surface area contributed by atoms with Gasteiger partial charge in [-0.25, -0.2) is 17.8 Å². The number of nitrogens with zero attached hydrogens (tertiary/aromatic N) is 1. The van der Waals surface area contributed by atoms with E-state index >= 15 is 0 Å². The molecule has 2 aromatic rings. The number of hydrogen-bond donors (Lipinski definition) is 3. The van der Waals surface area contributed by atoms with Crippen molar-refractivity contribution >= 4 is 21.4 Å². The number of nitrogens with two attached hydrogens (primary N) is 1. The third-order valence-electron chi connectivity index (χ3n) is 4.60. The predicted molar refractivity (Wildman–Crippen MR) is 98.2 cm³/mol. The molecule has 3 rings (SSSR count). The number of halogens is 4. The molecule has 8 nitrogen and oxygen atoms in total. The van der Waals surface area contributed by atoms with Crippen molar-refractivity contribution < 1.29 is 40.6 Å². The summed E-state index contributed by atoms with van der Waals surface area (Å²) in [5.41, 5.74) is 3.68.